The van der Waals surface area contributed by atoms with E-state index in [1.807, 2.05) is 36.4 Å². The Morgan fingerprint density at radius 1 is 0.794 bits per heavy atom. The lowest BCUT2D eigenvalue weighted by molar-refractivity contribution is 0.0408. The lowest BCUT2D eigenvalue weighted by Gasteiger charge is -2.40. The van der Waals surface area contributed by atoms with Crippen LogP contribution in [-0.2, 0) is 16.8 Å². The summed E-state index contributed by atoms with van der Waals surface area (Å²) in [5, 5.41) is 0. The van der Waals surface area contributed by atoms with Crippen molar-refractivity contribution in [2.75, 3.05) is 25.4 Å². The van der Waals surface area contributed by atoms with Gasteiger partial charge in [0.1, 0.15) is 0 Å². The van der Waals surface area contributed by atoms with Gasteiger partial charge in [-0.1, -0.05) is 84.9 Å². The van der Waals surface area contributed by atoms with E-state index in [2.05, 4.69) is 71.3 Å². The second-order valence-corrected chi connectivity index (χ2v) is 11.1. The van der Waals surface area contributed by atoms with Crippen LogP contribution in [0.4, 0.5) is 0 Å². The van der Waals surface area contributed by atoms with Gasteiger partial charge in [0.2, 0.25) is 0 Å². The molecule has 0 bridgehead atoms. The van der Waals surface area contributed by atoms with Crippen molar-refractivity contribution in [1.82, 2.24) is 4.90 Å². The SMILES string of the molecule is c1ccc(COC2CCC(CN3CCC4(CC3)CSc3ccccc34)C2)cc1.c1ccccc1. The first-order valence-electron chi connectivity index (χ1n) is 12.9. The Labute approximate surface area is 209 Å². The Bertz CT molecular complexity index is 974. The Morgan fingerprint density at radius 2 is 1.44 bits per heavy atom. The number of nitrogens with zero attached hydrogens (tertiary/aromatic N) is 1. The highest BCUT2D eigenvalue weighted by molar-refractivity contribution is 7.99. The van der Waals surface area contributed by atoms with Crippen LogP contribution in [0.2, 0.25) is 0 Å². The fourth-order valence-electron chi connectivity index (χ4n) is 5.79. The summed E-state index contributed by atoms with van der Waals surface area (Å²) in [5.41, 5.74) is 3.38. The van der Waals surface area contributed by atoms with Gasteiger partial charge < -0.3 is 9.64 Å². The van der Waals surface area contributed by atoms with Crippen LogP contribution >= 0.6 is 11.8 Å². The zero-order chi connectivity index (χ0) is 23.1. The van der Waals surface area contributed by atoms with Crippen molar-refractivity contribution in [1.29, 1.82) is 0 Å². The fourth-order valence-corrected chi connectivity index (χ4v) is 7.28. The molecule has 2 aliphatic heterocycles. The molecule has 1 saturated heterocycles. The van der Waals surface area contributed by atoms with Crippen LogP contribution in [0.25, 0.3) is 0 Å². The third kappa shape index (κ3) is 5.94. The van der Waals surface area contributed by atoms with Crippen molar-refractivity contribution in [2.45, 2.75) is 55.1 Å². The van der Waals surface area contributed by atoms with Gasteiger partial charge in [0.15, 0.2) is 0 Å². The second-order valence-electron chi connectivity index (χ2n) is 10.1. The number of hydrogen-bond acceptors (Lipinski definition) is 3. The van der Waals surface area contributed by atoms with Crippen LogP contribution in [-0.4, -0.2) is 36.4 Å². The van der Waals surface area contributed by atoms with Gasteiger partial charge in [0.25, 0.3) is 0 Å². The molecule has 2 heterocycles. The molecule has 1 spiro atoms. The maximum atomic E-state index is 6.20. The minimum atomic E-state index is 0.453. The molecule has 2 unspecified atom stereocenters. The van der Waals surface area contributed by atoms with E-state index in [-0.39, 0.29) is 0 Å². The van der Waals surface area contributed by atoms with Crippen LogP contribution in [0.5, 0.6) is 0 Å². The number of ether oxygens (including phenoxy) is 1. The molecule has 1 aliphatic carbocycles. The number of rotatable bonds is 5. The molecule has 0 radical (unpaired) electrons. The van der Waals surface area contributed by atoms with E-state index in [1.165, 1.54) is 68.0 Å². The summed E-state index contributed by atoms with van der Waals surface area (Å²) >= 11 is 2.08. The third-order valence-electron chi connectivity index (χ3n) is 7.78. The van der Waals surface area contributed by atoms with Gasteiger partial charge in [-0.2, -0.15) is 0 Å². The molecule has 0 N–H and O–H groups in total. The van der Waals surface area contributed by atoms with Gasteiger partial charge in [0.05, 0.1) is 12.7 Å². The predicted molar refractivity (Wildman–Crippen MR) is 143 cm³/mol. The van der Waals surface area contributed by atoms with Crippen LogP contribution < -0.4 is 0 Å². The van der Waals surface area contributed by atoms with E-state index in [0.717, 1.165) is 12.5 Å². The Kier molecular flexibility index (Phi) is 8.05. The molecule has 0 aromatic heterocycles. The van der Waals surface area contributed by atoms with E-state index < -0.39 is 0 Å². The van der Waals surface area contributed by atoms with Crippen molar-refractivity contribution >= 4 is 11.8 Å². The highest BCUT2D eigenvalue weighted by Gasteiger charge is 2.42. The molecule has 178 valence electrons. The molecule has 0 amide bonds. The summed E-state index contributed by atoms with van der Waals surface area (Å²) in [7, 11) is 0. The molecular formula is C31H37NOS. The first-order valence-corrected chi connectivity index (χ1v) is 13.9. The number of thioether (sulfide) groups is 1. The van der Waals surface area contributed by atoms with Crippen molar-refractivity contribution in [3.8, 4) is 0 Å². The molecule has 3 aromatic carbocycles. The summed E-state index contributed by atoms with van der Waals surface area (Å²) < 4.78 is 6.20. The van der Waals surface area contributed by atoms with Gasteiger partial charge in [-0.05, 0) is 68.3 Å². The summed E-state index contributed by atoms with van der Waals surface area (Å²) in [6, 6.07) is 31.7. The third-order valence-corrected chi connectivity index (χ3v) is 9.14. The van der Waals surface area contributed by atoms with Crippen LogP contribution in [0.1, 0.15) is 43.2 Å². The lowest BCUT2D eigenvalue weighted by atomic mass is 9.74. The normalized spacial score (nSPS) is 23.3. The molecule has 2 fully saturated rings. The minimum Gasteiger partial charge on any atom is -0.374 e. The lowest BCUT2D eigenvalue weighted by Crippen LogP contribution is -2.44. The number of likely N-dealkylation sites (tertiary alicyclic amines) is 1. The average Bonchev–Trinajstić information content (AvgIpc) is 3.51. The predicted octanol–water partition coefficient (Wildman–Crippen LogP) is 7.20. The van der Waals surface area contributed by atoms with Gasteiger partial charge in [-0.25, -0.2) is 0 Å². The Morgan fingerprint density at radius 3 is 2.18 bits per heavy atom. The van der Waals surface area contributed by atoms with Crippen molar-refractivity contribution in [3.05, 3.63) is 102 Å². The average molecular weight is 472 g/mol. The first-order chi connectivity index (χ1) is 16.8. The summed E-state index contributed by atoms with van der Waals surface area (Å²) in [6.07, 6.45) is 6.93. The number of hydrogen-bond donors (Lipinski definition) is 0. The molecule has 2 nitrogen and oxygen atoms in total. The summed E-state index contributed by atoms with van der Waals surface area (Å²) in [5.74, 6) is 2.11. The number of benzene rings is 3. The molecule has 3 heteroatoms. The quantitative estimate of drug-likeness (QED) is 0.390. The van der Waals surface area contributed by atoms with Gasteiger partial charge >= 0.3 is 0 Å². The molecule has 3 aromatic rings. The molecule has 2 atom stereocenters. The van der Waals surface area contributed by atoms with E-state index >= 15 is 0 Å². The van der Waals surface area contributed by atoms with Crippen LogP contribution in [0, 0.1) is 5.92 Å². The topological polar surface area (TPSA) is 12.5 Å². The largest absolute Gasteiger partial charge is 0.374 e. The maximum Gasteiger partial charge on any atom is 0.0720 e. The zero-order valence-corrected chi connectivity index (χ0v) is 21.0. The smallest absolute Gasteiger partial charge is 0.0720 e. The molecule has 3 aliphatic rings. The van der Waals surface area contributed by atoms with E-state index in [4.69, 9.17) is 4.74 Å². The maximum absolute atomic E-state index is 6.20. The molecular weight excluding hydrogens is 434 g/mol. The van der Waals surface area contributed by atoms with E-state index in [9.17, 15) is 0 Å². The van der Waals surface area contributed by atoms with Crippen molar-refractivity contribution < 1.29 is 4.74 Å². The Hall–Kier alpha value is -2.07. The first kappa shape index (κ1) is 23.7. The highest BCUT2D eigenvalue weighted by atomic mass is 32.2. The van der Waals surface area contributed by atoms with Gasteiger partial charge in [-0.3, -0.25) is 0 Å². The van der Waals surface area contributed by atoms with E-state index in [1.54, 1.807) is 5.56 Å². The zero-order valence-electron chi connectivity index (χ0n) is 20.1. The number of piperidine rings is 1. The highest BCUT2D eigenvalue weighted by Crippen LogP contribution is 2.49. The fraction of sp³-hybridized carbons (Fsp3) is 0.419. The number of fused-ring (bicyclic) bond motifs is 2. The van der Waals surface area contributed by atoms with Gasteiger partial charge in [0, 0.05) is 22.6 Å². The standard InChI is InChI=1S/C25H31NOS.C6H6/c1-2-6-20(7-3-1)18-27-22-11-10-21(16-22)17-26-14-12-25(13-15-26)19-28-24-9-5-4-8-23(24)25;1-2-4-6-5-3-1/h1-9,21-22H,10-19H2;1-6H. The van der Waals surface area contributed by atoms with Gasteiger partial charge in [-0.15, -0.1) is 11.8 Å². The van der Waals surface area contributed by atoms with Crippen LogP contribution in [0.3, 0.4) is 0 Å². The van der Waals surface area contributed by atoms with E-state index in [0.29, 0.717) is 11.5 Å². The molecule has 1 saturated carbocycles. The van der Waals surface area contributed by atoms with Crippen molar-refractivity contribution in [3.63, 3.8) is 0 Å². The molecule has 34 heavy (non-hydrogen) atoms. The van der Waals surface area contributed by atoms with Crippen molar-refractivity contribution in [2.24, 2.45) is 5.92 Å². The monoisotopic (exact) mass is 471 g/mol. The molecule has 6 rings (SSSR count). The minimum absolute atomic E-state index is 0.453. The second kappa shape index (κ2) is 11.6. The Balaban J connectivity index is 0.000000351. The summed E-state index contributed by atoms with van der Waals surface area (Å²) in [6.45, 7) is 4.57. The van der Waals surface area contributed by atoms with Crippen LogP contribution in [0.15, 0.2) is 95.9 Å². The summed E-state index contributed by atoms with van der Waals surface area (Å²) in [4.78, 5) is 4.27.